The summed E-state index contributed by atoms with van der Waals surface area (Å²) in [6.45, 7) is 7.87. The molecule has 1 aromatic heterocycles. The number of hydrogen-bond donors (Lipinski definition) is 0. The Morgan fingerprint density at radius 3 is 2.56 bits per heavy atom. The molecule has 1 aliphatic rings. The fourth-order valence-electron chi connectivity index (χ4n) is 3.61. The Morgan fingerprint density at radius 1 is 1.15 bits per heavy atom. The minimum Gasteiger partial charge on any atom is -0.302 e. The molecule has 0 aliphatic heterocycles. The van der Waals surface area contributed by atoms with Gasteiger partial charge in [-0.15, -0.1) is 11.8 Å². The molecule has 0 N–H and O–H groups in total. The first-order valence-corrected chi connectivity index (χ1v) is 10.8. The molecule has 0 bridgehead atoms. The van der Waals surface area contributed by atoms with Crippen LogP contribution in [0.4, 0.5) is 4.39 Å². The van der Waals surface area contributed by atoms with Crippen molar-refractivity contribution < 1.29 is 4.39 Å². The fourth-order valence-corrected chi connectivity index (χ4v) is 4.64. The lowest BCUT2D eigenvalue weighted by molar-refractivity contribution is 0.285. The third-order valence-corrected chi connectivity index (χ3v) is 6.36. The van der Waals surface area contributed by atoms with Crippen molar-refractivity contribution in [2.45, 2.75) is 56.9 Å². The van der Waals surface area contributed by atoms with E-state index in [2.05, 4.69) is 23.7 Å². The van der Waals surface area contributed by atoms with Crippen molar-refractivity contribution in [2.24, 2.45) is 0 Å². The van der Waals surface area contributed by atoms with Gasteiger partial charge in [0.2, 0.25) is 0 Å². The van der Waals surface area contributed by atoms with E-state index in [9.17, 15) is 9.18 Å². The lowest BCUT2D eigenvalue weighted by Crippen LogP contribution is -2.35. The zero-order chi connectivity index (χ0) is 19.2. The van der Waals surface area contributed by atoms with Gasteiger partial charge >= 0.3 is 5.69 Å². The predicted molar refractivity (Wildman–Crippen MR) is 109 cm³/mol. The lowest BCUT2D eigenvalue weighted by atomic mass is 9.97. The maximum Gasteiger partial charge on any atom is 0.348 e. The fraction of sp³-hybridized carbons (Fsp3) is 0.524. The van der Waals surface area contributed by atoms with E-state index in [0.29, 0.717) is 12.3 Å². The molecule has 6 heteroatoms. The van der Waals surface area contributed by atoms with Crippen molar-refractivity contribution in [1.29, 1.82) is 0 Å². The van der Waals surface area contributed by atoms with Crippen molar-refractivity contribution in [3.63, 3.8) is 0 Å². The first-order valence-electron chi connectivity index (χ1n) is 9.84. The molecule has 0 saturated heterocycles. The molecule has 0 atom stereocenters. The SMILES string of the molecule is CCN(CC)CCn1c2c(c(SCc3ccc(F)cc3)nc1=O)CCCC2. The Hall–Kier alpha value is -1.66. The van der Waals surface area contributed by atoms with Crippen LogP contribution in [0.1, 0.15) is 43.5 Å². The van der Waals surface area contributed by atoms with Crippen LogP contribution in [0.2, 0.25) is 0 Å². The van der Waals surface area contributed by atoms with Gasteiger partial charge in [0.15, 0.2) is 0 Å². The van der Waals surface area contributed by atoms with Gasteiger partial charge in [0, 0.05) is 30.1 Å². The molecule has 3 rings (SSSR count). The van der Waals surface area contributed by atoms with E-state index in [4.69, 9.17) is 0 Å². The number of hydrogen-bond acceptors (Lipinski definition) is 4. The number of rotatable bonds is 8. The van der Waals surface area contributed by atoms with Crippen LogP contribution in [0.25, 0.3) is 0 Å². The molecule has 2 aromatic rings. The van der Waals surface area contributed by atoms with Crippen molar-refractivity contribution in [3.05, 3.63) is 57.4 Å². The average Bonchev–Trinajstić information content (AvgIpc) is 2.69. The Kier molecular flexibility index (Phi) is 7.07. The van der Waals surface area contributed by atoms with E-state index in [-0.39, 0.29) is 11.5 Å². The Labute approximate surface area is 164 Å². The molecule has 0 amide bonds. The molecule has 0 fully saturated rings. The summed E-state index contributed by atoms with van der Waals surface area (Å²) < 4.78 is 15.0. The maximum atomic E-state index is 13.1. The quantitative estimate of drug-likeness (QED) is 0.507. The highest BCUT2D eigenvalue weighted by Gasteiger charge is 2.20. The Bertz CT molecular complexity index is 815. The van der Waals surface area contributed by atoms with Gasteiger partial charge in [0.1, 0.15) is 10.8 Å². The van der Waals surface area contributed by atoms with E-state index < -0.39 is 0 Å². The second kappa shape index (κ2) is 9.51. The highest BCUT2D eigenvalue weighted by atomic mass is 32.2. The highest BCUT2D eigenvalue weighted by Crippen LogP contribution is 2.30. The molecular weight excluding hydrogens is 361 g/mol. The van der Waals surface area contributed by atoms with Crippen LogP contribution >= 0.6 is 11.8 Å². The van der Waals surface area contributed by atoms with Gasteiger partial charge in [-0.25, -0.2) is 9.18 Å². The number of aromatic nitrogens is 2. The first-order chi connectivity index (χ1) is 13.1. The maximum absolute atomic E-state index is 13.1. The number of fused-ring (bicyclic) bond motifs is 1. The van der Waals surface area contributed by atoms with Gasteiger partial charge in [-0.1, -0.05) is 26.0 Å². The second-order valence-electron chi connectivity index (χ2n) is 6.93. The van der Waals surface area contributed by atoms with Crippen LogP contribution in [0.15, 0.2) is 34.1 Å². The summed E-state index contributed by atoms with van der Waals surface area (Å²) in [6.07, 6.45) is 4.21. The number of thioether (sulfide) groups is 1. The smallest absolute Gasteiger partial charge is 0.302 e. The third-order valence-electron chi connectivity index (χ3n) is 5.27. The van der Waals surface area contributed by atoms with Gasteiger partial charge in [0.05, 0.1) is 0 Å². The third kappa shape index (κ3) is 4.99. The van der Waals surface area contributed by atoms with Crippen molar-refractivity contribution in [1.82, 2.24) is 14.5 Å². The van der Waals surface area contributed by atoms with Crippen molar-refractivity contribution in [3.8, 4) is 0 Å². The van der Waals surface area contributed by atoms with Crippen LogP contribution < -0.4 is 5.69 Å². The van der Waals surface area contributed by atoms with E-state index in [1.54, 1.807) is 23.9 Å². The molecule has 4 nitrogen and oxygen atoms in total. The Morgan fingerprint density at radius 2 is 1.85 bits per heavy atom. The summed E-state index contributed by atoms with van der Waals surface area (Å²) in [6, 6.07) is 6.54. The van der Waals surface area contributed by atoms with E-state index in [1.165, 1.54) is 23.4 Å². The first kappa shape index (κ1) is 20.1. The van der Waals surface area contributed by atoms with Gasteiger partial charge in [-0.3, -0.25) is 4.57 Å². The van der Waals surface area contributed by atoms with Crippen LogP contribution in [0.3, 0.4) is 0 Å². The molecule has 0 spiro atoms. The van der Waals surface area contributed by atoms with Gasteiger partial charge < -0.3 is 4.90 Å². The number of likely N-dealkylation sites (N-methyl/N-ethyl adjacent to an activating group) is 1. The predicted octanol–water partition coefficient (Wildman–Crippen LogP) is 3.90. The minimum atomic E-state index is -0.227. The summed E-state index contributed by atoms with van der Waals surface area (Å²) >= 11 is 1.59. The zero-order valence-corrected chi connectivity index (χ0v) is 17.0. The molecule has 0 radical (unpaired) electrons. The van der Waals surface area contributed by atoms with E-state index in [0.717, 1.165) is 55.9 Å². The van der Waals surface area contributed by atoms with Gasteiger partial charge in [-0.2, -0.15) is 4.98 Å². The molecule has 0 saturated carbocycles. The monoisotopic (exact) mass is 389 g/mol. The molecule has 1 aromatic carbocycles. The van der Waals surface area contributed by atoms with Gasteiger partial charge in [-0.05, 0) is 56.5 Å². The number of halogens is 1. The highest BCUT2D eigenvalue weighted by molar-refractivity contribution is 7.98. The molecule has 0 unspecified atom stereocenters. The largest absolute Gasteiger partial charge is 0.348 e. The van der Waals surface area contributed by atoms with Crippen LogP contribution in [0.5, 0.6) is 0 Å². The molecule has 1 aliphatic carbocycles. The summed E-state index contributed by atoms with van der Waals surface area (Å²) in [4.78, 5) is 19.5. The van der Waals surface area contributed by atoms with Crippen molar-refractivity contribution >= 4 is 11.8 Å². The second-order valence-corrected chi connectivity index (χ2v) is 7.89. The average molecular weight is 390 g/mol. The molecule has 1 heterocycles. The van der Waals surface area contributed by atoms with Gasteiger partial charge in [0.25, 0.3) is 0 Å². The lowest BCUT2D eigenvalue weighted by Gasteiger charge is -2.24. The van der Waals surface area contributed by atoms with Crippen LogP contribution in [0, 0.1) is 5.82 Å². The van der Waals surface area contributed by atoms with E-state index in [1.807, 2.05) is 4.57 Å². The number of nitrogens with zero attached hydrogens (tertiary/aromatic N) is 3. The summed E-state index contributed by atoms with van der Waals surface area (Å²) in [7, 11) is 0. The minimum absolute atomic E-state index is 0.135. The Balaban J connectivity index is 1.82. The summed E-state index contributed by atoms with van der Waals surface area (Å²) in [5, 5.41) is 0.859. The van der Waals surface area contributed by atoms with E-state index >= 15 is 0 Å². The van der Waals surface area contributed by atoms with Crippen molar-refractivity contribution in [2.75, 3.05) is 19.6 Å². The topological polar surface area (TPSA) is 38.1 Å². The normalized spacial score (nSPS) is 13.8. The summed E-state index contributed by atoms with van der Waals surface area (Å²) in [5.41, 5.74) is 3.32. The zero-order valence-electron chi connectivity index (χ0n) is 16.2. The summed E-state index contributed by atoms with van der Waals surface area (Å²) in [5.74, 6) is 0.470. The van der Waals surface area contributed by atoms with Crippen LogP contribution in [-0.4, -0.2) is 34.1 Å². The number of benzene rings is 1. The standard InChI is InChI=1S/C21H28FN3OS/c1-3-24(4-2)13-14-25-19-8-6-5-7-18(19)20(23-21(25)26)27-15-16-9-11-17(22)12-10-16/h9-12H,3-8,13-15H2,1-2H3. The van der Waals surface area contributed by atoms with Crippen LogP contribution in [-0.2, 0) is 25.1 Å². The molecule has 27 heavy (non-hydrogen) atoms. The molecular formula is C21H28FN3OS. The molecule has 146 valence electrons.